The van der Waals surface area contributed by atoms with Gasteiger partial charge >= 0.3 is 12.1 Å². The smallest absolute Gasteiger partial charge is 0.407 e. The molecule has 0 aromatic rings. The second kappa shape index (κ2) is 10.1. The van der Waals surface area contributed by atoms with Gasteiger partial charge in [-0.3, -0.25) is 4.79 Å². The number of carbonyl (C=O) groups is 2. The Hall–Kier alpha value is -1.08. The maximum atomic E-state index is 12.5. The maximum Gasteiger partial charge on any atom is 0.407 e. The third-order valence-electron chi connectivity index (χ3n) is 5.11. The van der Waals surface area contributed by atoms with E-state index in [1.165, 1.54) is 0 Å². The zero-order chi connectivity index (χ0) is 21.6. The van der Waals surface area contributed by atoms with E-state index in [0.717, 1.165) is 25.3 Å². The molecule has 1 amide bonds. The molecule has 0 unspecified atom stereocenters. The van der Waals surface area contributed by atoms with Crippen molar-refractivity contribution in [3.8, 4) is 0 Å². The van der Waals surface area contributed by atoms with Crippen LogP contribution in [0.3, 0.4) is 0 Å². The fourth-order valence-electron chi connectivity index (χ4n) is 3.59. The Morgan fingerprint density at radius 3 is 2.46 bits per heavy atom. The normalized spacial score (nSPS) is 24.4. The Morgan fingerprint density at radius 2 is 1.93 bits per heavy atom. The van der Waals surface area contributed by atoms with E-state index < -0.39 is 31.4 Å². The van der Waals surface area contributed by atoms with Crippen LogP contribution in [0.2, 0.25) is 25.7 Å². The highest BCUT2D eigenvalue weighted by Gasteiger charge is 2.44. The van der Waals surface area contributed by atoms with Crippen molar-refractivity contribution in [3.05, 3.63) is 0 Å². The summed E-state index contributed by atoms with van der Waals surface area (Å²) in [7, 11) is -1.26. The number of carbonyl (C=O) groups excluding carboxylic acids is 2. The summed E-state index contributed by atoms with van der Waals surface area (Å²) in [6, 6.07) is 0.499. The SMILES string of the molecule is CCC[C@H](NC(=O)OC(C)(C)C)[C@@]1(O)CCC[C@@H](C(=O)OCC[Si](C)(C)C)C1. The topological polar surface area (TPSA) is 84.9 Å². The summed E-state index contributed by atoms with van der Waals surface area (Å²) in [5, 5.41) is 14.2. The summed E-state index contributed by atoms with van der Waals surface area (Å²) < 4.78 is 10.9. The first-order valence-electron chi connectivity index (χ1n) is 10.6. The van der Waals surface area contributed by atoms with Crippen LogP contribution < -0.4 is 5.32 Å². The third kappa shape index (κ3) is 8.95. The first-order chi connectivity index (χ1) is 12.8. The Bertz CT molecular complexity index is 526. The highest BCUT2D eigenvalue weighted by atomic mass is 28.3. The van der Waals surface area contributed by atoms with Gasteiger partial charge in [0, 0.05) is 8.07 Å². The third-order valence-corrected chi connectivity index (χ3v) is 6.81. The van der Waals surface area contributed by atoms with Gasteiger partial charge in [0.15, 0.2) is 0 Å². The van der Waals surface area contributed by atoms with Crippen molar-refractivity contribution in [2.75, 3.05) is 6.61 Å². The lowest BCUT2D eigenvalue weighted by atomic mass is 9.73. The molecule has 1 aliphatic rings. The quantitative estimate of drug-likeness (QED) is 0.451. The molecule has 1 fully saturated rings. The molecule has 0 aromatic heterocycles. The van der Waals surface area contributed by atoms with Crippen molar-refractivity contribution in [1.29, 1.82) is 0 Å². The second-order valence-corrected chi connectivity index (χ2v) is 16.0. The molecule has 6 nitrogen and oxygen atoms in total. The number of nitrogens with one attached hydrogen (secondary N) is 1. The van der Waals surface area contributed by atoms with E-state index in [2.05, 4.69) is 25.0 Å². The van der Waals surface area contributed by atoms with Gasteiger partial charge in [0.25, 0.3) is 0 Å². The standard InChI is InChI=1S/C21H41NO5Si/c1-8-10-17(22-19(24)27-20(2,3)4)21(25)12-9-11-16(15-21)18(23)26-13-14-28(5,6)7/h16-17,25H,8-15H2,1-7H3,(H,22,24)/t16-,17+,21-/m1/s1. The van der Waals surface area contributed by atoms with Gasteiger partial charge in [-0.25, -0.2) is 4.79 Å². The summed E-state index contributed by atoms with van der Waals surface area (Å²) in [6.07, 6.45) is 3.26. The molecular weight excluding hydrogens is 374 g/mol. The average molecular weight is 416 g/mol. The van der Waals surface area contributed by atoms with E-state index >= 15 is 0 Å². The van der Waals surface area contributed by atoms with E-state index in [9.17, 15) is 14.7 Å². The van der Waals surface area contributed by atoms with Gasteiger partial charge < -0.3 is 19.9 Å². The predicted molar refractivity (Wildman–Crippen MR) is 114 cm³/mol. The molecule has 164 valence electrons. The lowest BCUT2D eigenvalue weighted by Gasteiger charge is -2.42. The van der Waals surface area contributed by atoms with Crippen LogP contribution in [0.1, 0.15) is 66.2 Å². The number of hydrogen-bond donors (Lipinski definition) is 2. The zero-order valence-electron chi connectivity index (χ0n) is 18.9. The van der Waals surface area contributed by atoms with Gasteiger partial charge in [-0.1, -0.05) is 33.0 Å². The van der Waals surface area contributed by atoms with Gasteiger partial charge in [-0.05, 0) is 58.9 Å². The average Bonchev–Trinajstić information content (AvgIpc) is 2.51. The summed E-state index contributed by atoms with van der Waals surface area (Å²) in [4.78, 5) is 24.8. The van der Waals surface area contributed by atoms with E-state index in [1.54, 1.807) is 0 Å². The number of alkyl carbamates (subject to hydrolysis) is 1. The summed E-state index contributed by atoms with van der Waals surface area (Å²) in [6.45, 7) is 14.6. The van der Waals surface area contributed by atoms with Crippen LogP contribution in [0.25, 0.3) is 0 Å². The maximum absolute atomic E-state index is 12.5. The minimum absolute atomic E-state index is 0.219. The van der Waals surface area contributed by atoms with E-state index in [0.29, 0.717) is 25.9 Å². The molecule has 0 radical (unpaired) electrons. The first-order valence-corrected chi connectivity index (χ1v) is 14.3. The molecule has 2 N–H and O–H groups in total. The molecule has 3 atom stereocenters. The number of amides is 1. The zero-order valence-corrected chi connectivity index (χ0v) is 19.9. The van der Waals surface area contributed by atoms with Crippen molar-refractivity contribution in [2.24, 2.45) is 5.92 Å². The number of rotatable bonds is 8. The van der Waals surface area contributed by atoms with E-state index in [1.807, 2.05) is 27.7 Å². The van der Waals surface area contributed by atoms with Crippen LogP contribution in [0.4, 0.5) is 4.79 Å². The van der Waals surface area contributed by atoms with Crippen LogP contribution in [0.15, 0.2) is 0 Å². The lowest BCUT2D eigenvalue weighted by molar-refractivity contribution is -0.154. The number of hydrogen-bond acceptors (Lipinski definition) is 5. The summed E-state index contributed by atoms with van der Waals surface area (Å²) in [5.41, 5.74) is -1.72. The van der Waals surface area contributed by atoms with Crippen molar-refractivity contribution in [2.45, 2.75) is 109 Å². The van der Waals surface area contributed by atoms with Gasteiger partial charge in [0.1, 0.15) is 5.60 Å². The van der Waals surface area contributed by atoms with Crippen LogP contribution in [0.5, 0.6) is 0 Å². The van der Waals surface area contributed by atoms with E-state index in [4.69, 9.17) is 9.47 Å². The molecule has 0 aromatic carbocycles. The highest BCUT2D eigenvalue weighted by Crippen LogP contribution is 2.37. The minimum Gasteiger partial charge on any atom is -0.466 e. The van der Waals surface area contributed by atoms with Crippen LogP contribution in [-0.2, 0) is 14.3 Å². The first kappa shape index (κ1) is 25.0. The fraction of sp³-hybridized carbons (Fsp3) is 0.905. The van der Waals surface area contributed by atoms with E-state index in [-0.39, 0.29) is 11.9 Å². The second-order valence-electron chi connectivity index (χ2n) is 10.4. The Morgan fingerprint density at radius 1 is 1.29 bits per heavy atom. The fourth-order valence-corrected chi connectivity index (χ4v) is 4.31. The molecule has 1 rings (SSSR count). The molecule has 0 bridgehead atoms. The van der Waals surface area contributed by atoms with Crippen molar-refractivity contribution >= 4 is 20.1 Å². The molecule has 0 heterocycles. The Labute approximate surface area is 171 Å². The van der Waals surface area contributed by atoms with Crippen LogP contribution in [0, 0.1) is 5.92 Å². The number of esters is 1. The Balaban J connectivity index is 2.74. The van der Waals surface area contributed by atoms with Gasteiger partial charge in [-0.2, -0.15) is 0 Å². The molecule has 1 aliphatic carbocycles. The highest BCUT2D eigenvalue weighted by molar-refractivity contribution is 6.76. The van der Waals surface area contributed by atoms with Gasteiger partial charge in [0.05, 0.1) is 24.2 Å². The van der Waals surface area contributed by atoms with Crippen molar-refractivity contribution in [3.63, 3.8) is 0 Å². The molecule has 0 spiro atoms. The largest absolute Gasteiger partial charge is 0.466 e. The van der Waals surface area contributed by atoms with Crippen molar-refractivity contribution in [1.82, 2.24) is 5.32 Å². The molecule has 28 heavy (non-hydrogen) atoms. The molecular formula is C21H41NO5Si. The molecule has 1 saturated carbocycles. The number of aliphatic hydroxyl groups is 1. The molecule has 0 aliphatic heterocycles. The van der Waals surface area contributed by atoms with Gasteiger partial charge in [0.2, 0.25) is 0 Å². The molecule has 7 heteroatoms. The Kier molecular flexibility index (Phi) is 9.00. The summed E-state index contributed by atoms with van der Waals surface area (Å²) in [5.74, 6) is -0.538. The monoisotopic (exact) mass is 415 g/mol. The van der Waals surface area contributed by atoms with Crippen LogP contribution >= 0.6 is 0 Å². The van der Waals surface area contributed by atoms with Crippen LogP contribution in [-0.4, -0.2) is 49.1 Å². The summed E-state index contributed by atoms with van der Waals surface area (Å²) >= 11 is 0. The lowest BCUT2D eigenvalue weighted by Crippen LogP contribution is -2.56. The van der Waals surface area contributed by atoms with Gasteiger partial charge in [-0.15, -0.1) is 0 Å². The predicted octanol–water partition coefficient (Wildman–Crippen LogP) is 4.48. The minimum atomic E-state index is -1.26. The van der Waals surface area contributed by atoms with Crippen molar-refractivity contribution < 1.29 is 24.2 Å². The molecule has 0 saturated heterocycles. The number of ether oxygens (including phenoxy) is 2.